The largest absolute Gasteiger partial charge is 0.346 e. The van der Waals surface area contributed by atoms with Crippen LogP contribution in [0.25, 0.3) is 0 Å². The van der Waals surface area contributed by atoms with Gasteiger partial charge in [0, 0.05) is 35.6 Å². The number of carbonyl (C=O) groups excluding carboxylic acids is 2. The number of ketones is 2. The highest BCUT2D eigenvalue weighted by atomic mass is 16.7. The maximum absolute atomic E-state index is 13.7. The van der Waals surface area contributed by atoms with Crippen LogP contribution in [0, 0.1) is 0 Å². The minimum absolute atomic E-state index is 0.283. The summed E-state index contributed by atoms with van der Waals surface area (Å²) in [7, 11) is 0. The van der Waals surface area contributed by atoms with Gasteiger partial charge in [0.15, 0.2) is 5.79 Å². The second-order valence-electron chi connectivity index (χ2n) is 7.76. The summed E-state index contributed by atoms with van der Waals surface area (Å²) in [5, 5.41) is 0. The van der Waals surface area contributed by atoms with Gasteiger partial charge in [-0.05, 0) is 12.5 Å². The molecule has 0 radical (unpaired) electrons. The number of hydrogen-bond acceptors (Lipinski definition) is 4. The molecule has 1 aliphatic heterocycles. The summed E-state index contributed by atoms with van der Waals surface area (Å²) >= 11 is 0. The van der Waals surface area contributed by atoms with Crippen molar-refractivity contribution in [3.63, 3.8) is 0 Å². The molecule has 3 aromatic rings. The Morgan fingerprint density at radius 1 is 0.833 bits per heavy atom. The van der Waals surface area contributed by atoms with Gasteiger partial charge in [0.1, 0.15) is 0 Å². The lowest BCUT2D eigenvalue weighted by Gasteiger charge is -2.32. The first-order chi connectivity index (χ1) is 14.6. The summed E-state index contributed by atoms with van der Waals surface area (Å²) in [5.74, 6) is -2.20. The topological polar surface area (TPSA) is 52.6 Å². The molecule has 3 aromatic carbocycles. The number of rotatable bonds is 4. The quantitative estimate of drug-likeness (QED) is 0.587. The van der Waals surface area contributed by atoms with Crippen LogP contribution in [0.5, 0.6) is 0 Å². The van der Waals surface area contributed by atoms with Crippen molar-refractivity contribution in [1.29, 1.82) is 0 Å². The summed E-state index contributed by atoms with van der Waals surface area (Å²) in [6, 6.07) is 26.2. The highest BCUT2D eigenvalue weighted by Crippen LogP contribution is 2.57. The number of fused-ring (bicyclic) bond motifs is 1. The number of benzene rings is 3. The van der Waals surface area contributed by atoms with Crippen LogP contribution >= 0.6 is 0 Å². The predicted octanol–water partition coefficient (Wildman–Crippen LogP) is 4.90. The predicted molar refractivity (Wildman–Crippen MR) is 112 cm³/mol. The Kier molecular flexibility index (Phi) is 4.42. The van der Waals surface area contributed by atoms with Gasteiger partial charge in [0.05, 0.1) is 0 Å². The molecule has 5 rings (SSSR count). The third kappa shape index (κ3) is 2.54. The Morgan fingerprint density at radius 2 is 1.37 bits per heavy atom. The summed E-state index contributed by atoms with van der Waals surface area (Å²) in [6.45, 7) is 2.28. The van der Waals surface area contributed by atoms with Crippen LogP contribution in [-0.2, 0) is 15.3 Å². The van der Waals surface area contributed by atoms with E-state index in [1.807, 2.05) is 67.6 Å². The summed E-state index contributed by atoms with van der Waals surface area (Å²) in [6.07, 6.45) is 0.375. The molecule has 4 heteroatoms. The summed E-state index contributed by atoms with van der Waals surface area (Å²) in [4.78, 5) is 27.5. The van der Waals surface area contributed by atoms with Gasteiger partial charge in [-0.2, -0.15) is 0 Å². The molecule has 1 fully saturated rings. The van der Waals surface area contributed by atoms with Crippen LogP contribution in [0.3, 0.4) is 0 Å². The number of hydrogen-bond donors (Lipinski definition) is 0. The van der Waals surface area contributed by atoms with E-state index in [4.69, 9.17) is 9.47 Å². The number of ether oxygens (including phenoxy) is 2. The zero-order valence-corrected chi connectivity index (χ0v) is 16.7. The van der Waals surface area contributed by atoms with Gasteiger partial charge in [-0.25, -0.2) is 0 Å². The van der Waals surface area contributed by atoms with Gasteiger partial charge < -0.3 is 9.47 Å². The molecular formula is C26H22O4. The van der Waals surface area contributed by atoms with Crippen molar-refractivity contribution < 1.29 is 19.1 Å². The molecule has 0 aromatic heterocycles. The molecule has 0 bridgehead atoms. The molecule has 2 atom stereocenters. The van der Waals surface area contributed by atoms with Gasteiger partial charge in [0.25, 0.3) is 0 Å². The summed E-state index contributed by atoms with van der Waals surface area (Å²) < 4.78 is 12.8. The van der Waals surface area contributed by atoms with Crippen molar-refractivity contribution in [2.24, 2.45) is 0 Å². The van der Waals surface area contributed by atoms with Crippen LogP contribution in [0.1, 0.15) is 51.1 Å². The molecule has 30 heavy (non-hydrogen) atoms. The second-order valence-corrected chi connectivity index (χ2v) is 7.76. The highest BCUT2D eigenvalue weighted by Gasteiger charge is 2.68. The molecule has 1 spiro atoms. The van der Waals surface area contributed by atoms with Crippen LogP contribution in [0.2, 0.25) is 0 Å². The minimum Gasteiger partial charge on any atom is -0.346 e. The van der Waals surface area contributed by atoms with Gasteiger partial charge in [-0.3, -0.25) is 9.59 Å². The monoisotopic (exact) mass is 398 g/mol. The van der Waals surface area contributed by atoms with Crippen molar-refractivity contribution in [2.45, 2.75) is 30.7 Å². The maximum Gasteiger partial charge on any atom is 0.204 e. The fourth-order valence-electron chi connectivity index (χ4n) is 4.89. The third-order valence-corrected chi connectivity index (χ3v) is 6.17. The van der Waals surface area contributed by atoms with Crippen molar-refractivity contribution in [2.75, 3.05) is 6.61 Å². The second kappa shape index (κ2) is 7.01. The maximum atomic E-state index is 13.7. The molecule has 2 aliphatic rings. The van der Waals surface area contributed by atoms with Crippen LogP contribution < -0.4 is 0 Å². The first-order valence-electron chi connectivity index (χ1n) is 10.3. The van der Waals surface area contributed by atoms with E-state index >= 15 is 0 Å². The fraction of sp³-hybridized carbons (Fsp3) is 0.231. The molecule has 1 saturated heterocycles. The zero-order valence-electron chi connectivity index (χ0n) is 16.7. The van der Waals surface area contributed by atoms with E-state index in [9.17, 15) is 9.59 Å². The lowest BCUT2D eigenvalue weighted by Crippen LogP contribution is -2.47. The molecule has 0 N–H and O–H groups in total. The van der Waals surface area contributed by atoms with E-state index in [1.165, 1.54) is 0 Å². The minimum atomic E-state index is -1.63. The molecule has 1 heterocycles. The molecule has 0 saturated carbocycles. The molecule has 150 valence electrons. The zero-order chi connectivity index (χ0) is 20.8. The van der Waals surface area contributed by atoms with Crippen molar-refractivity contribution >= 4 is 11.6 Å². The Bertz CT molecular complexity index is 1070. The van der Waals surface area contributed by atoms with Gasteiger partial charge in [0.2, 0.25) is 17.2 Å². The van der Waals surface area contributed by atoms with Crippen molar-refractivity contribution in [3.05, 3.63) is 107 Å². The summed E-state index contributed by atoms with van der Waals surface area (Å²) in [5.41, 5.74) is 0.911. The van der Waals surface area contributed by atoms with Crippen LogP contribution in [0.4, 0.5) is 0 Å². The number of Topliss-reactive ketones (excluding diaryl/α,β-unsaturated/α-hetero) is 2. The average Bonchev–Trinajstić information content (AvgIpc) is 3.26. The molecule has 1 aliphatic carbocycles. The van der Waals surface area contributed by atoms with Crippen LogP contribution in [-0.4, -0.2) is 23.8 Å². The lowest BCUT2D eigenvalue weighted by atomic mass is 9.77. The van der Waals surface area contributed by atoms with E-state index in [0.717, 1.165) is 11.1 Å². The number of carbonyl (C=O) groups is 2. The third-order valence-electron chi connectivity index (χ3n) is 6.17. The van der Waals surface area contributed by atoms with E-state index in [2.05, 4.69) is 0 Å². The Balaban J connectivity index is 1.73. The Morgan fingerprint density at radius 3 is 1.93 bits per heavy atom. The van der Waals surface area contributed by atoms with Crippen molar-refractivity contribution in [1.82, 2.24) is 0 Å². The standard InChI is InChI=1S/C26H22O4/c1-2-29-25(19-13-7-4-8-14-19)17-22(18-11-5-3-6-12-18)26(30-25)23(27)20-15-9-10-16-21(20)24(26)28/h3-16,22H,2,17H2,1H3/t22-,25+/m0/s1. The molecule has 0 unspecified atom stereocenters. The lowest BCUT2D eigenvalue weighted by molar-refractivity contribution is -0.238. The van der Waals surface area contributed by atoms with Crippen LogP contribution in [0.15, 0.2) is 84.9 Å². The van der Waals surface area contributed by atoms with E-state index in [1.54, 1.807) is 24.3 Å². The molecular weight excluding hydrogens is 376 g/mol. The average molecular weight is 398 g/mol. The van der Waals surface area contributed by atoms with E-state index in [-0.39, 0.29) is 11.6 Å². The van der Waals surface area contributed by atoms with Gasteiger partial charge >= 0.3 is 0 Å². The van der Waals surface area contributed by atoms with Crippen molar-refractivity contribution in [3.8, 4) is 0 Å². The highest BCUT2D eigenvalue weighted by molar-refractivity contribution is 6.33. The normalized spacial score (nSPS) is 24.4. The Hall–Kier alpha value is -3.08. The van der Waals surface area contributed by atoms with E-state index < -0.39 is 17.3 Å². The Labute approximate surface area is 175 Å². The fourth-order valence-corrected chi connectivity index (χ4v) is 4.89. The van der Waals surface area contributed by atoms with Gasteiger partial charge in [-0.1, -0.05) is 84.9 Å². The molecule has 4 nitrogen and oxygen atoms in total. The first-order valence-corrected chi connectivity index (χ1v) is 10.3. The smallest absolute Gasteiger partial charge is 0.204 e. The molecule has 0 amide bonds. The van der Waals surface area contributed by atoms with E-state index in [0.29, 0.717) is 24.2 Å². The SMILES string of the molecule is CCO[C@]1(c2ccccc2)C[C@@H](c2ccccc2)C2(O1)C(=O)c1ccccc1C2=O. The first kappa shape index (κ1) is 18.9. The van der Waals surface area contributed by atoms with Gasteiger partial charge in [-0.15, -0.1) is 0 Å².